The highest BCUT2D eigenvalue weighted by Crippen LogP contribution is 2.32. The van der Waals surface area contributed by atoms with Crippen LogP contribution in [0.15, 0.2) is 40.2 Å². The Kier molecular flexibility index (Phi) is 4.14. The van der Waals surface area contributed by atoms with Crippen molar-refractivity contribution >= 4 is 56.7 Å². The highest BCUT2D eigenvalue weighted by molar-refractivity contribution is 9.10. The van der Waals surface area contributed by atoms with Crippen LogP contribution < -0.4 is 0 Å². The smallest absolute Gasteiger partial charge is 0.323 e. The van der Waals surface area contributed by atoms with Gasteiger partial charge in [-0.3, -0.25) is 19.3 Å². The first kappa shape index (κ1) is 15.6. The van der Waals surface area contributed by atoms with Crippen molar-refractivity contribution in [2.75, 3.05) is 6.54 Å². The summed E-state index contributed by atoms with van der Waals surface area (Å²) in [6.45, 7) is -0.655. The highest BCUT2D eigenvalue weighted by Gasteiger charge is 2.35. The molecular weight excluding hydrogens is 382 g/mol. The molecule has 0 spiro atoms. The van der Waals surface area contributed by atoms with Crippen LogP contribution in [0.2, 0.25) is 0 Å². The molecule has 1 aromatic carbocycles. The van der Waals surface area contributed by atoms with Crippen LogP contribution in [0.5, 0.6) is 0 Å². The summed E-state index contributed by atoms with van der Waals surface area (Å²) in [5.41, 5.74) is 1.17. The number of aliphatic carboxylic acids is 1. The number of hydrogen-bond donors (Lipinski definition) is 1. The number of amides is 2. The first-order valence-electron chi connectivity index (χ1n) is 6.60. The van der Waals surface area contributed by atoms with Crippen molar-refractivity contribution in [3.63, 3.8) is 0 Å². The van der Waals surface area contributed by atoms with Crippen LogP contribution in [-0.2, 0) is 9.59 Å². The quantitative estimate of drug-likeness (QED) is 0.644. The monoisotopic (exact) mass is 391 g/mol. The number of carbonyl (C=O) groups is 3. The van der Waals surface area contributed by atoms with Crippen LogP contribution in [0.1, 0.15) is 20.8 Å². The van der Waals surface area contributed by atoms with E-state index in [0.29, 0.717) is 16.7 Å². The lowest BCUT2D eigenvalue weighted by atomic mass is 9.93. The minimum Gasteiger partial charge on any atom is -0.480 e. The lowest BCUT2D eigenvalue weighted by molar-refractivity contribution is -0.141. The minimum absolute atomic E-state index is 0.316. The molecule has 116 valence electrons. The van der Waals surface area contributed by atoms with E-state index in [9.17, 15) is 14.4 Å². The number of benzene rings is 1. The molecule has 23 heavy (non-hydrogen) atoms. The molecule has 0 unspecified atom stereocenters. The molecule has 2 amide bonds. The third-order valence-electron chi connectivity index (χ3n) is 3.34. The number of carboxylic acid groups (broad SMARTS) is 1. The summed E-state index contributed by atoms with van der Waals surface area (Å²) in [5.74, 6) is -2.41. The molecule has 7 heteroatoms. The Morgan fingerprint density at radius 2 is 1.91 bits per heavy atom. The number of hydrogen-bond acceptors (Lipinski definition) is 4. The van der Waals surface area contributed by atoms with Gasteiger partial charge in [-0.1, -0.05) is 18.2 Å². The van der Waals surface area contributed by atoms with E-state index in [2.05, 4.69) is 15.9 Å². The van der Waals surface area contributed by atoms with Gasteiger partial charge < -0.3 is 5.11 Å². The molecule has 1 aliphatic heterocycles. The Hall–Kier alpha value is -2.25. The second-order valence-corrected chi connectivity index (χ2v) is 6.72. The Labute approximate surface area is 144 Å². The molecule has 0 saturated heterocycles. The lowest BCUT2D eigenvalue weighted by Crippen LogP contribution is -2.44. The molecular formula is C16H10BrNO4S. The molecule has 2 heterocycles. The summed E-state index contributed by atoms with van der Waals surface area (Å²) in [4.78, 5) is 37.6. The van der Waals surface area contributed by atoms with E-state index < -0.39 is 24.3 Å². The molecule has 1 aromatic heterocycles. The fraction of sp³-hybridized carbons (Fsp3) is 0.0625. The third-order valence-corrected chi connectivity index (χ3v) is 4.98. The van der Waals surface area contributed by atoms with E-state index in [4.69, 9.17) is 5.11 Å². The number of carbonyl (C=O) groups excluding carboxylic acids is 2. The second-order valence-electron chi connectivity index (χ2n) is 4.86. The van der Waals surface area contributed by atoms with Crippen molar-refractivity contribution in [1.82, 2.24) is 4.90 Å². The second kappa shape index (κ2) is 6.10. The van der Waals surface area contributed by atoms with E-state index in [1.807, 2.05) is 11.4 Å². The van der Waals surface area contributed by atoms with Crippen LogP contribution in [0.3, 0.4) is 0 Å². The van der Waals surface area contributed by atoms with Crippen LogP contribution >= 0.6 is 27.3 Å². The fourth-order valence-electron chi connectivity index (χ4n) is 2.37. The Morgan fingerprint density at radius 3 is 2.52 bits per heavy atom. The maximum absolute atomic E-state index is 12.6. The summed E-state index contributed by atoms with van der Waals surface area (Å²) in [7, 11) is 0. The number of rotatable bonds is 3. The average Bonchev–Trinajstić information content (AvgIpc) is 2.93. The van der Waals surface area contributed by atoms with Gasteiger partial charge in [0, 0.05) is 25.9 Å². The van der Waals surface area contributed by atoms with Gasteiger partial charge in [0.15, 0.2) is 0 Å². The predicted octanol–water partition coefficient (Wildman–Crippen LogP) is 3.12. The SMILES string of the molecule is O=C(O)CN1C(=O)/C(=C/c2cc(Br)cs2)c2ccccc2C1=O. The van der Waals surface area contributed by atoms with Crippen LogP contribution in [-0.4, -0.2) is 34.3 Å². The van der Waals surface area contributed by atoms with Gasteiger partial charge >= 0.3 is 5.97 Å². The minimum atomic E-state index is -1.23. The van der Waals surface area contributed by atoms with Crippen molar-refractivity contribution in [2.45, 2.75) is 0 Å². The normalized spacial score (nSPS) is 15.9. The van der Waals surface area contributed by atoms with Gasteiger partial charge in [0.2, 0.25) is 0 Å². The summed E-state index contributed by atoms with van der Waals surface area (Å²) in [6.07, 6.45) is 1.68. The van der Waals surface area contributed by atoms with Gasteiger partial charge in [-0.2, -0.15) is 0 Å². The lowest BCUT2D eigenvalue weighted by Gasteiger charge is -2.27. The van der Waals surface area contributed by atoms with Crippen molar-refractivity contribution < 1.29 is 19.5 Å². The molecule has 0 fully saturated rings. The van der Waals surface area contributed by atoms with Gasteiger partial charge in [0.25, 0.3) is 11.8 Å². The summed E-state index contributed by atoms with van der Waals surface area (Å²) >= 11 is 4.79. The highest BCUT2D eigenvalue weighted by atomic mass is 79.9. The zero-order chi connectivity index (χ0) is 16.6. The zero-order valence-electron chi connectivity index (χ0n) is 11.7. The molecule has 0 saturated carbocycles. The van der Waals surface area contributed by atoms with Crippen molar-refractivity contribution in [2.24, 2.45) is 0 Å². The molecule has 0 aliphatic carbocycles. The molecule has 1 N–H and O–H groups in total. The van der Waals surface area contributed by atoms with Crippen molar-refractivity contribution in [1.29, 1.82) is 0 Å². The molecule has 0 atom stereocenters. The molecule has 3 rings (SSSR count). The van der Waals surface area contributed by atoms with E-state index in [1.165, 1.54) is 11.3 Å². The van der Waals surface area contributed by atoms with Crippen molar-refractivity contribution in [3.05, 3.63) is 56.2 Å². The first-order chi connectivity index (χ1) is 11.0. The number of fused-ring (bicyclic) bond motifs is 1. The van der Waals surface area contributed by atoms with Gasteiger partial charge in [-0.15, -0.1) is 11.3 Å². The predicted molar refractivity (Wildman–Crippen MR) is 90.0 cm³/mol. The largest absolute Gasteiger partial charge is 0.480 e. The Bertz CT molecular complexity index is 855. The average molecular weight is 392 g/mol. The number of imide groups is 1. The number of thiophene rings is 1. The van der Waals surface area contributed by atoms with Gasteiger partial charge in [-0.25, -0.2) is 0 Å². The van der Waals surface area contributed by atoms with Gasteiger partial charge in [0.1, 0.15) is 6.54 Å². The van der Waals surface area contributed by atoms with Crippen LogP contribution in [0, 0.1) is 0 Å². The number of nitrogens with zero attached hydrogens (tertiary/aromatic N) is 1. The van der Waals surface area contributed by atoms with E-state index in [1.54, 1.807) is 30.3 Å². The summed E-state index contributed by atoms with van der Waals surface area (Å²) in [5, 5.41) is 10.8. The maximum atomic E-state index is 12.6. The third kappa shape index (κ3) is 2.97. The van der Waals surface area contributed by atoms with E-state index in [-0.39, 0.29) is 0 Å². The molecule has 2 aromatic rings. The first-order valence-corrected chi connectivity index (χ1v) is 8.28. The van der Waals surface area contributed by atoms with Crippen LogP contribution in [0.4, 0.5) is 0 Å². The van der Waals surface area contributed by atoms with Gasteiger partial charge in [0.05, 0.1) is 0 Å². The summed E-state index contributed by atoms with van der Waals surface area (Å²) in [6, 6.07) is 8.57. The number of carboxylic acids is 1. The molecule has 0 radical (unpaired) electrons. The fourth-order valence-corrected chi connectivity index (χ4v) is 3.74. The molecule has 1 aliphatic rings. The van der Waals surface area contributed by atoms with E-state index >= 15 is 0 Å². The Morgan fingerprint density at radius 1 is 1.22 bits per heavy atom. The topological polar surface area (TPSA) is 74.7 Å². The van der Waals surface area contributed by atoms with Gasteiger partial charge in [-0.05, 0) is 39.7 Å². The summed E-state index contributed by atoms with van der Waals surface area (Å²) < 4.78 is 0.893. The maximum Gasteiger partial charge on any atom is 0.323 e. The number of halogens is 1. The molecule has 0 bridgehead atoms. The van der Waals surface area contributed by atoms with E-state index in [0.717, 1.165) is 14.2 Å². The van der Waals surface area contributed by atoms with Crippen LogP contribution in [0.25, 0.3) is 11.6 Å². The molecule has 5 nitrogen and oxygen atoms in total. The Balaban J connectivity index is 2.15. The standard InChI is InChI=1S/C16H10BrNO4S/c17-9-5-10(23-8-9)6-13-11-3-1-2-4-12(11)15(21)18(16(13)22)7-14(19)20/h1-6,8H,7H2,(H,19,20)/b13-6+. The van der Waals surface area contributed by atoms with Crippen molar-refractivity contribution in [3.8, 4) is 0 Å². The zero-order valence-corrected chi connectivity index (χ0v) is 14.1.